The molecule has 0 saturated carbocycles. The topological polar surface area (TPSA) is 106 Å². The summed E-state index contributed by atoms with van der Waals surface area (Å²) in [6, 6.07) is 0. The van der Waals surface area contributed by atoms with Crippen molar-refractivity contribution in [3.63, 3.8) is 0 Å². The molecule has 0 aromatic rings. The van der Waals surface area contributed by atoms with Crippen LogP contribution in [0.5, 0.6) is 0 Å². The molecule has 8 heteroatoms. The third kappa shape index (κ3) is 2.12. The van der Waals surface area contributed by atoms with Gasteiger partial charge in [-0.1, -0.05) is 0 Å². The molecule has 5 N–H and O–H groups in total. The Morgan fingerprint density at radius 1 is 1.82 bits per heavy atom. The maximum atomic E-state index is 10.5. The Morgan fingerprint density at radius 3 is 3.00 bits per heavy atom. The fourth-order valence-corrected chi connectivity index (χ4v) is 1.00. The second-order valence-corrected chi connectivity index (χ2v) is 2.58. The Morgan fingerprint density at radius 2 is 2.55 bits per heavy atom. The normalized spacial score (nSPS) is 22.7. The minimum atomic E-state index is -1.66. The molecule has 64 valence electrons. The van der Waals surface area contributed by atoms with Crippen molar-refractivity contribution in [3.05, 3.63) is 0 Å². The van der Waals surface area contributed by atoms with E-state index in [2.05, 4.69) is 14.2 Å². The zero-order valence-electron chi connectivity index (χ0n) is 5.69. The first-order valence-corrected chi connectivity index (χ1v) is 3.93. The monoisotopic (exact) mass is 179 g/mol. The third-order valence-electron chi connectivity index (χ3n) is 1.01. The van der Waals surface area contributed by atoms with Gasteiger partial charge in [-0.15, -0.1) is 4.40 Å². The molecule has 1 heterocycles. The van der Waals surface area contributed by atoms with Crippen LogP contribution in [0.25, 0.3) is 0 Å². The lowest BCUT2D eigenvalue weighted by molar-refractivity contribution is 0.277. The van der Waals surface area contributed by atoms with Crippen LogP contribution in [0.1, 0.15) is 0 Å². The maximum Gasteiger partial charge on any atom is 0.310 e. The number of hydrogen-bond donors (Lipinski definition) is 3. The minimum absolute atomic E-state index is 0.230. The van der Waals surface area contributed by atoms with Gasteiger partial charge in [0.25, 0.3) is 0 Å². The molecule has 0 aromatic carbocycles. The van der Waals surface area contributed by atoms with E-state index in [9.17, 15) is 4.21 Å². The van der Waals surface area contributed by atoms with Crippen molar-refractivity contribution in [2.75, 3.05) is 13.1 Å². The summed E-state index contributed by atoms with van der Waals surface area (Å²) >= 11 is -1.66. The molecule has 1 unspecified atom stereocenters. The molecule has 0 aliphatic carbocycles. The number of hydrogen-bond acceptors (Lipinski definition) is 6. The molecule has 1 aliphatic rings. The van der Waals surface area contributed by atoms with Gasteiger partial charge in [-0.2, -0.15) is 4.28 Å². The van der Waals surface area contributed by atoms with Gasteiger partial charge in [0, 0.05) is 13.1 Å². The van der Waals surface area contributed by atoms with Crippen LogP contribution in [-0.4, -0.2) is 28.3 Å². The van der Waals surface area contributed by atoms with Gasteiger partial charge in [-0.3, -0.25) is 5.01 Å². The van der Waals surface area contributed by atoms with Gasteiger partial charge in [0.15, 0.2) is 0 Å². The number of nitrogens with two attached hydrogens (primary N) is 2. The van der Waals surface area contributed by atoms with Crippen LogP contribution in [0.4, 0.5) is 0 Å². The lowest BCUT2D eigenvalue weighted by atomic mass is 10.6. The van der Waals surface area contributed by atoms with Gasteiger partial charge in [-0.25, -0.2) is 15.5 Å². The Kier molecular flexibility index (Phi) is 2.76. The zero-order chi connectivity index (χ0) is 8.27. The van der Waals surface area contributed by atoms with Gasteiger partial charge in [0.2, 0.25) is 5.96 Å². The summed E-state index contributed by atoms with van der Waals surface area (Å²) < 4.78 is 18.4. The summed E-state index contributed by atoms with van der Waals surface area (Å²) in [5, 5.41) is 1.23. The molecule has 0 amide bonds. The summed E-state index contributed by atoms with van der Waals surface area (Å²) in [7, 11) is 0. The summed E-state index contributed by atoms with van der Waals surface area (Å²) in [4.78, 5) is 0. The minimum Gasteiger partial charge on any atom is -0.329 e. The molecule has 0 spiro atoms. The summed E-state index contributed by atoms with van der Waals surface area (Å²) in [5.74, 6) is 5.63. The van der Waals surface area contributed by atoms with Crippen molar-refractivity contribution in [2.24, 2.45) is 16.0 Å². The zero-order valence-corrected chi connectivity index (χ0v) is 6.50. The molecule has 0 radical (unpaired) electrons. The van der Waals surface area contributed by atoms with E-state index in [-0.39, 0.29) is 5.96 Å². The molecule has 0 saturated heterocycles. The number of hydrazine groups is 1. The van der Waals surface area contributed by atoms with Gasteiger partial charge >= 0.3 is 11.3 Å². The van der Waals surface area contributed by atoms with Crippen molar-refractivity contribution in [3.8, 4) is 0 Å². The molecule has 0 bridgehead atoms. The maximum absolute atomic E-state index is 10.5. The fourth-order valence-electron chi connectivity index (χ4n) is 0.537. The number of rotatable bonds is 2. The molecule has 1 aliphatic heterocycles. The Bertz CT molecular complexity index is 194. The predicted octanol–water partition coefficient (Wildman–Crippen LogP) is -2.41. The highest BCUT2D eigenvalue weighted by molar-refractivity contribution is 7.79. The Balaban J connectivity index is 2.47. The molecule has 11 heavy (non-hydrogen) atoms. The standard InChI is InChI=1S/C3H9N5O2S/c4-1-2-8(5)3-6-10-11(9)7-3/h1-2,4-5H2,(H,6,7). The lowest BCUT2D eigenvalue weighted by Crippen LogP contribution is -2.45. The quantitative estimate of drug-likeness (QED) is 0.322. The van der Waals surface area contributed by atoms with Crippen LogP contribution >= 0.6 is 0 Å². The first kappa shape index (κ1) is 8.40. The van der Waals surface area contributed by atoms with E-state index < -0.39 is 11.3 Å². The van der Waals surface area contributed by atoms with E-state index in [1.54, 1.807) is 0 Å². The largest absolute Gasteiger partial charge is 0.329 e. The number of nitrogens with zero attached hydrogens (tertiary/aromatic N) is 2. The van der Waals surface area contributed by atoms with Crippen molar-refractivity contribution in [2.45, 2.75) is 0 Å². The van der Waals surface area contributed by atoms with Crippen LogP contribution in [0, 0.1) is 0 Å². The van der Waals surface area contributed by atoms with Crippen molar-refractivity contribution >= 4 is 17.2 Å². The molecular weight excluding hydrogens is 170 g/mol. The van der Waals surface area contributed by atoms with Crippen molar-refractivity contribution in [1.29, 1.82) is 0 Å². The number of hydroxylamine groups is 1. The van der Waals surface area contributed by atoms with Gasteiger partial charge in [0.05, 0.1) is 0 Å². The first-order valence-electron chi connectivity index (χ1n) is 2.90. The molecule has 1 rings (SSSR count). The van der Waals surface area contributed by atoms with E-state index in [1.807, 2.05) is 0 Å². The smallest absolute Gasteiger partial charge is 0.310 e. The van der Waals surface area contributed by atoms with Gasteiger partial charge in [-0.05, 0) is 0 Å². The van der Waals surface area contributed by atoms with E-state index in [4.69, 9.17) is 11.6 Å². The summed E-state index contributed by atoms with van der Waals surface area (Å²) in [6.45, 7) is 0.816. The van der Waals surface area contributed by atoms with Crippen LogP contribution in [-0.2, 0) is 15.6 Å². The molecule has 7 nitrogen and oxygen atoms in total. The highest BCUT2D eigenvalue weighted by Crippen LogP contribution is 1.95. The summed E-state index contributed by atoms with van der Waals surface area (Å²) in [6.07, 6.45) is 0. The average Bonchev–Trinajstić information content (AvgIpc) is 2.36. The van der Waals surface area contributed by atoms with Crippen LogP contribution in [0.2, 0.25) is 0 Å². The van der Waals surface area contributed by atoms with Crippen molar-refractivity contribution < 1.29 is 8.49 Å². The van der Waals surface area contributed by atoms with Crippen LogP contribution < -0.4 is 17.1 Å². The Hall–Kier alpha value is -0.700. The predicted molar refractivity (Wildman–Crippen MR) is 39.7 cm³/mol. The van der Waals surface area contributed by atoms with Crippen LogP contribution in [0.3, 0.4) is 0 Å². The molecule has 0 fully saturated rings. The fraction of sp³-hybridized carbons (Fsp3) is 0.667. The lowest BCUT2D eigenvalue weighted by Gasteiger charge is -2.14. The third-order valence-corrected chi connectivity index (χ3v) is 1.56. The van der Waals surface area contributed by atoms with E-state index in [1.165, 1.54) is 5.01 Å². The van der Waals surface area contributed by atoms with E-state index in [0.29, 0.717) is 13.1 Å². The Labute approximate surface area is 66.1 Å². The average molecular weight is 179 g/mol. The molecular formula is C3H9N5O2S. The van der Waals surface area contributed by atoms with E-state index >= 15 is 0 Å². The molecule has 1 atom stereocenters. The number of guanidine groups is 1. The second-order valence-electron chi connectivity index (χ2n) is 1.80. The van der Waals surface area contributed by atoms with Crippen LogP contribution in [0.15, 0.2) is 4.40 Å². The SMILES string of the molecule is NCCN(N)C1=NS(=O)ON1. The second kappa shape index (κ2) is 3.62. The summed E-state index contributed by atoms with van der Waals surface area (Å²) in [5.41, 5.74) is 7.50. The first-order chi connectivity index (χ1) is 5.24. The molecule has 0 aromatic heterocycles. The van der Waals surface area contributed by atoms with E-state index in [0.717, 1.165) is 0 Å². The van der Waals surface area contributed by atoms with Crippen molar-refractivity contribution in [1.82, 2.24) is 10.5 Å². The highest BCUT2D eigenvalue weighted by Gasteiger charge is 2.16. The van der Waals surface area contributed by atoms with Gasteiger partial charge < -0.3 is 5.73 Å². The van der Waals surface area contributed by atoms with Gasteiger partial charge in [0.1, 0.15) is 0 Å². The number of nitrogens with one attached hydrogen (secondary N) is 1. The highest BCUT2D eigenvalue weighted by atomic mass is 32.2.